The fraction of sp³-hybridized carbons (Fsp3) is 0.273. The lowest BCUT2D eigenvalue weighted by atomic mass is 10.1. The summed E-state index contributed by atoms with van der Waals surface area (Å²) >= 11 is 0. The van der Waals surface area contributed by atoms with Gasteiger partial charge in [0.15, 0.2) is 12.6 Å². The van der Waals surface area contributed by atoms with Crippen LogP contribution in [0.15, 0.2) is 48.8 Å². The highest BCUT2D eigenvalue weighted by Crippen LogP contribution is 2.33. The summed E-state index contributed by atoms with van der Waals surface area (Å²) in [5, 5.41) is 0. The number of rotatable bonds is 5. The Labute approximate surface area is 168 Å². The molecule has 7 heteroatoms. The van der Waals surface area contributed by atoms with E-state index in [2.05, 4.69) is 9.97 Å². The first-order chi connectivity index (χ1) is 14.0. The Balaban J connectivity index is 1.78. The normalized spacial score (nSPS) is 18.2. The lowest BCUT2D eigenvalue weighted by Gasteiger charge is -2.33. The van der Waals surface area contributed by atoms with Crippen LogP contribution in [-0.4, -0.2) is 33.8 Å². The summed E-state index contributed by atoms with van der Waals surface area (Å²) in [6.45, 7) is 5.88. The predicted molar refractivity (Wildman–Crippen MR) is 106 cm³/mol. The standard InChI is InChI=1S/C22H21N3O4/c1-4-27-21(26)16-11-19(17-9-13(2)5-7-23-17)25-20(12-16)18-10-15(6-8-24-18)22-28-14(3)29-22/h5-12,14,22H,4H2,1-3H3. The second-order valence-corrected chi connectivity index (χ2v) is 6.71. The second kappa shape index (κ2) is 8.06. The molecule has 4 heterocycles. The molecule has 29 heavy (non-hydrogen) atoms. The molecule has 1 aliphatic rings. The highest BCUT2D eigenvalue weighted by molar-refractivity contribution is 5.92. The van der Waals surface area contributed by atoms with Crippen molar-refractivity contribution in [3.63, 3.8) is 0 Å². The average Bonchev–Trinajstić information content (AvgIpc) is 2.71. The maximum Gasteiger partial charge on any atom is 0.338 e. The van der Waals surface area contributed by atoms with Crippen molar-refractivity contribution in [2.24, 2.45) is 0 Å². The lowest BCUT2D eigenvalue weighted by molar-refractivity contribution is -0.382. The number of hydrogen-bond donors (Lipinski definition) is 0. The summed E-state index contributed by atoms with van der Waals surface area (Å²) in [5.41, 5.74) is 4.68. The molecule has 0 bridgehead atoms. The lowest BCUT2D eigenvalue weighted by Crippen LogP contribution is -2.31. The molecule has 148 valence electrons. The van der Waals surface area contributed by atoms with Gasteiger partial charge in [0.2, 0.25) is 0 Å². The van der Waals surface area contributed by atoms with Crippen molar-refractivity contribution in [2.45, 2.75) is 33.4 Å². The topological polar surface area (TPSA) is 83.4 Å². The van der Waals surface area contributed by atoms with Crippen LogP contribution in [0.2, 0.25) is 0 Å². The third-order valence-corrected chi connectivity index (χ3v) is 4.46. The smallest absolute Gasteiger partial charge is 0.338 e. The van der Waals surface area contributed by atoms with Crippen LogP contribution in [0.25, 0.3) is 22.8 Å². The van der Waals surface area contributed by atoms with E-state index in [0.717, 1.165) is 11.1 Å². The number of aromatic nitrogens is 3. The molecule has 3 aromatic heterocycles. The van der Waals surface area contributed by atoms with Gasteiger partial charge in [-0.15, -0.1) is 0 Å². The van der Waals surface area contributed by atoms with Crippen molar-refractivity contribution in [3.05, 3.63) is 65.5 Å². The highest BCUT2D eigenvalue weighted by Gasteiger charge is 2.28. The SMILES string of the molecule is CCOC(=O)c1cc(-c2cc(C)ccn2)nc(-c2cc(C3OC(C)O3)ccn2)c1. The van der Waals surface area contributed by atoms with Crippen molar-refractivity contribution in [3.8, 4) is 22.8 Å². The van der Waals surface area contributed by atoms with Gasteiger partial charge >= 0.3 is 5.97 Å². The number of carbonyl (C=O) groups excluding carboxylic acids is 1. The van der Waals surface area contributed by atoms with Gasteiger partial charge in [-0.3, -0.25) is 9.97 Å². The van der Waals surface area contributed by atoms with Crippen LogP contribution in [0.4, 0.5) is 0 Å². The maximum absolute atomic E-state index is 12.4. The van der Waals surface area contributed by atoms with Crippen LogP contribution in [-0.2, 0) is 14.2 Å². The highest BCUT2D eigenvalue weighted by atomic mass is 16.9. The number of ether oxygens (including phenoxy) is 3. The van der Waals surface area contributed by atoms with E-state index >= 15 is 0 Å². The minimum Gasteiger partial charge on any atom is -0.462 e. The Kier molecular flexibility index (Phi) is 5.33. The van der Waals surface area contributed by atoms with Crippen LogP contribution in [0, 0.1) is 6.92 Å². The first kappa shape index (κ1) is 19.2. The van der Waals surface area contributed by atoms with Crippen LogP contribution in [0.3, 0.4) is 0 Å². The zero-order chi connectivity index (χ0) is 20.4. The minimum absolute atomic E-state index is 0.221. The van der Waals surface area contributed by atoms with E-state index in [-0.39, 0.29) is 12.9 Å². The fourth-order valence-corrected chi connectivity index (χ4v) is 3.05. The van der Waals surface area contributed by atoms with Gasteiger partial charge in [0, 0.05) is 18.0 Å². The molecular formula is C22H21N3O4. The number of hydrogen-bond acceptors (Lipinski definition) is 7. The quantitative estimate of drug-likeness (QED) is 0.606. The second-order valence-electron chi connectivity index (χ2n) is 6.71. The molecule has 0 spiro atoms. The fourth-order valence-electron chi connectivity index (χ4n) is 3.05. The van der Waals surface area contributed by atoms with E-state index in [1.165, 1.54) is 0 Å². The molecule has 7 nitrogen and oxygen atoms in total. The van der Waals surface area contributed by atoms with Crippen molar-refractivity contribution in [1.29, 1.82) is 0 Å². The summed E-state index contributed by atoms with van der Waals surface area (Å²) < 4.78 is 16.3. The molecule has 0 radical (unpaired) electrons. The number of pyridine rings is 3. The van der Waals surface area contributed by atoms with Gasteiger partial charge < -0.3 is 14.2 Å². The van der Waals surface area contributed by atoms with Gasteiger partial charge in [-0.2, -0.15) is 0 Å². The summed E-state index contributed by atoms with van der Waals surface area (Å²) in [4.78, 5) is 25.9. The van der Waals surface area contributed by atoms with Gasteiger partial charge in [0.05, 0.1) is 34.9 Å². The van der Waals surface area contributed by atoms with Gasteiger partial charge in [0.25, 0.3) is 0 Å². The minimum atomic E-state index is -0.419. The summed E-state index contributed by atoms with van der Waals surface area (Å²) in [6, 6.07) is 10.9. The Morgan fingerprint density at radius 1 is 1.00 bits per heavy atom. The maximum atomic E-state index is 12.4. The monoisotopic (exact) mass is 391 g/mol. The summed E-state index contributed by atoms with van der Waals surface area (Å²) in [6.07, 6.45) is 2.75. The number of nitrogens with zero attached hydrogens (tertiary/aromatic N) is 3. The first-order valence-electron chi connectivity index (χ1n) is 9.43. The Bertz CT molecular complexity index is 1050. The van der Waals surface area contributed by atoms with Crippen molar-refractivity contribution < 1.29 is 19.0 Å². The van der Waals surface area contributed by atoms with Crippen molar-refractivity contribution in [2.75, 3.05) is 6.61 Å². The first-order valence-corrected chi connectivity index (χ1v) is 9.43. The van der Waals surface area contributed by atoms with Crippen LogP contribution in [0.1, 0.15) is 41.6 Å². The van der Waals surface area contributed by atoms with E-state index in [1.807, 2.05) is 38.1 Å². The van der Waals surface area contributed by atoms with E-state index in [1.54, 1.807) is 31.5 Å². The molecule has 0 saturated carbocycles. The molecule has 1 aliphatic heterocycles. The van der Waals surface area contributed by atoms with E-state index < -0.39 is 12.3 Å². The van der Waals surface area contributed by atoms with Crippen molar-refractivity contribution >= 4 is 5.97 Å². The van der Waals surface area contributed by atoms with Gasteiger partial charge in [-0.05, 0) is 62.7 Å². The van der Waals surface area contributed by atoms with Gasteiger partial charge in [-0.25, -0.2) is 9.78 Å². The van der Waals surface area contributed by atoms with Gasteiger partial charge in [-0.1, -0.05) is 0 Å². The van der Waals surface area contributed by atoms with Gasteiger partial charge in [0.1, 0.15) is 0 Å². The summed E-state index contributed by atoms with van der Waals surface area (Å²) in [7, 11) is 0. The van der Waals surface area contributed by atoms with E-state index in [0.29, 0.717) is 28.3 Å². The Morgan fingerprint density at radius 2 is 1.66 bits per heavy atom. The molecule has 1 saturated heterocycles. The molecule has 0 aliphatic carbocycles. The number of esters is 1. The van der Waals surface area contributed by atoms with E-state index in [9.17, 15) is 4.79 Å². The van der Waals surface area contributed by atoms with E-state index in [4.69, 9.17) is 19.2 Å². The number of carbonyl (C=O) groups is 1. The third-order valence-electron chi connectivity index (χ3n) is 4.46. The molecule has 0 aromatic carbocycles. The molecule has 0 unspecified atom stereocenters. The summed E-state index contributed by atoms with van der Waals surface area (Å²) in [5.74, 6) is -0.416. The molecule has 3 aromatic rings. The Morgan fingerprint density at radius 3 is 2.28 bits per heavy atom. The largest absolute Gasteiger partial charge is 0.462 e. The third kappa shape index (κ3) is 4.16. The molecular weight excluding hydrogens is 370 g/mol. The van der Waals surface area contributed by atoms with Crippen LogP contribution in [0.5, 0.6) is 0 Å². The zero-order valence-electron chi connectivity index (χ0n) is 16.5. The molecule has 0 N–H and O–H groups in total. The average molecular weight is 391 g/mol. The molecule has 0 amide bonds. The van der Waals surface area contributed by atoms with Crippen LogP contribution < -0.4 is 0 Å². The predicted octanol–water partition coefficient (Wildman–Crippen LogP) is 4.08. The molecule has 0 atom stereocenters. The molecule has 4 rings (SSSR count). The zero-order valence-corrected chi connectivity index (χ0v) is 16.5. The van der Waals surface area contributed by atoms with Crippen LogP contribution >= 0.6 is 0 Å². The molecule has 1 fully saturated rings. The Hall–Kier alpha value is -3.16. The number of aryl methyl sites for hydroxylation is 1. The van der Waals surface area contributed by atoms with Crippen molar-refractivity contribution in [1.82, 2.24) is 15.0 Å².